The maximum absolute atomic E-state index is 13.2. The minimum Gasteiger partial charge on any atom is -0.494 e. The zero-order valence-electron chi connectivity index (χ0n) is 16.5. The van der Waals surface area contributed by atoms with Gasteiger partial charge in [0.05, 0.1) is 18.7 Å². The first kappa shape index (κ1) is 20.8. The molecule has 0 aliphatic rings. The predicted molar refractivity (Wildman–Crippen MR) is 108 cm³/mol. The van der Waals surface area contributed by atoms with E-state index in [9.17, 15) is 24.3 Å². The number of nitriles is 1. The third-order valence-electron chi connectivity index (χ3n) is 4.69. The number of aromatic nitrogens is 1. The van der Waals surface area contributed by atoms with E-state index in [4.69, 9.17) is 4.74 Å². The van der Waals surface area contributed by atoms with E-state index in [0.29, 0.717) is 17.9 Å². The molecule has 0 saturated heterocycles. The number of benzene rings is 2. The Kier molecular flexibility index (Phi) is 5.98. The standard InChI is InChI=1S/C23H19FN2O4/c1-3-30-18-6-4-5-16(11-18)21(27)20-14(2)19(12-25)22(28)26(23(20)29)13-15-7-9-17(24)10-8-15/h4-11,29H,3,13H2,1-2H3. The van der Waals surface area contributed by atoms with E-state index in [1.165, 1.54) is 37.3 Å². The largest absolute Gasteiger partial charge is 0.494 e. The molecule has 6 nitrogen and oxygen atoms in total. The lowest BCUT2D eigenvalue weighted by Crippen LogP contribution is -2.27. The number of pyridine rings is 1. The Bertz CT molecular complexity index is 1210. The van der Waals surface area contributed by atoms with Crippen molar-refractivity contribution in [1.82, 2.24) is 4.57 Å². The summed E-state index contributed by atoms with van der Waals surface area (Å²) in [5.74, 6) is -1.05. The first-order valence-corrected chi connectivity index (χ1v) is 9.25. The number of aromatic hydroxyl groups is 1. The van der Waals surface area contributed by atoms with Crippen LogP contribution in [0.1, 0.15) is 39.5 Å². The van der Waals surface area contributed by atoms with Gasteiger partial charge >= 0.3 is 0 Å². The molecule has 0 amide bonds. The number of carbonyl (C=O) groups excluding carboxylic acids is 1. The van der Waals surface area contributed by atoms with E-state index >= 15 is 0 Å². The summed E-state index contributed by atoms with van der Waals surface area (Å²) >= 11 is 0. The second-order valence-electron chi connectivity index (χ2n) is 6.62. The van der Waals surface area contributed by atoms with Crippen LogP contribution >= 0.6 is 0 Å². The van der Waals surface area contributed by atoms with Gasteiger partial charge in [-0.3, -0.25) is 14.2 Å². The van der Waals surface area contributed by atoms with E-state index in [2.05, 4.69) is 0 Å². The van der Waals surface area contributed by atoms with Gasteiger partial charge in [-0.25, -0.2) is 4.39 Å². The monoisotopic (exact) mass is 406 g/mol. The molecule has 0 saturated carbocycles. The first-order chi connectivity index (χ1) is 14.4. The van der Waals surface area contributed by atoms with Crippen LogP contribution in [0.25, 0.3) is 0 Å². The summed E-state index contributed by atoms with van der Waals surface area (Å²) in [7, 11) is 0. The number of carbonyl (C=O) groups is 1. The van der Waals surface area contributed by atoms with Crippen LogP contribution in [0.4, 0.5) is 4.39 Å². The van der Waals surface area contributed by atoms with Crippen molar-refractivity contribution < 1.29 is 19.0 Å². The summed E-state index contributed by atoms with van der Waals surface area (Å²) in [5.41, 5.74) is -0.228. The highest BCUT2D eigenvalue weighted by Crippen LogP contribution is 2.27. The average molecular weight is 406 g/mol. The SMILES string of the molecule is CCOc1cccc(C(=O)c2c(C)c(C#N)c(=O)n(Cc3ccc(F)cc3)c2O)c1. The Morgan fingerprint density at radius 1 is 1.23 bits per heavy atom. The van der Waals surface area contributed by atoms with Crippen molar-refractivity contribution in [3.8, 4) is 17.7 Å². The van der Waals surface area contributed by atoms with Crippen LogP contribution < -0.4 is 10.3 Å². The number of ketones is 1. The van der Waals surface area contributed by atoms with Gasteiger partial charge in [-0.1, -0.05) is 24.3 Å². The second kappa shape index (κ2) is 8.62. The molecule has 30 heavy (non-hydrogen) atoms. The summed E-state index contributed by atoms with van der Waals surface area (Å²) < 4.78 is 19.5. The lowest BCUT2D eigenvalue weighted by atomic mass is 9.97. The lowest BCUT2D eigenvalue weighted by molar-refractivity contribution is 0.103. The van der Waals surface area contributed by atoms with E-state index in [1.54, 1.807) is 18.2 Å². The molecule has 3 aromatic rings. The molecule has 0 atom stereocenters. The maximum Gasteiger partial charge on any atom is 0.271 e. The molecule has 1 heterocycles. The van der Waals surface area contributed by atoms with Crippen molar-refractivity contribution in [2.24, 2.45) is 0 Å². The summed E-state index contributed by atoms with van der Waals surface area (Å²) in [6.45, 7) is 3.55. The Morgan fingerprint density at radius 2 is 1.93 bits per heavy atom. The van der Waals surface area contributed by atoms with Crippen molar-refractivity contribution in [2.75, 3.05) is 6.61 Å². The first-order valence-electron chi connectivity index (χ1n) is 9.25. The molecule has 2 aromatic carbocycles. The molecule has 1 aromatic heterocycles. The second-order valence-corrected chi connectivity index (χ2v) is 6.62. The van der Waals surface area contributed by atoms with Crippen LogP contribution in [-0.2, 0) is 6.54 Å². The number of hydrogen-bond donors (Lipinski definition) is 1. The Hall–Kier alpha value is -3.92. The van der Waals surface area contributed by atoms with E-state index in [1.807, 2.05) is 13.0 Å². The van der Waals surface area contributed by atoms with Gasteiger partial charge < -0.3 is 9.84 Å². The van der Waals surface area contributed by atoms with Crippen molar-refractivity contribution in [3.05, 3.63) is 92.5 Å². The van der Waals surface area contributed by atoms with Crippen LogP contribution in [0.5, 0.6) is 11.6 Å². The Morgan fingerprint density at radius 3 is 2.57 bits per heavy atom. The lowest BCUT2D eigenvalue weighted by Gasteiger charge is -2.16. The van der Waals surface area contributed by atoms with Crippen molar-refractivity contribution in [1.29, 1.82) is 5.26 Å². The predicted octanol–water partition coefficient (Wildman–Crippen LogP) is 3.55. The van der Waals surface area contributed by atoms with Crippen LogP contribution in [0.15, 0.2) is 53.3 Å². The van der Waals surface area contributed by atoms with Crippen LogP contribution in [0, 0.1) is 24.1 Å². The van der Waals surface area contributed by atoms with Gasteiger partial charge in [0.1, 0.15) is 23.2 Å². The Labute approximate surface area is 172 Å². The van der Waals surface area contributed by atoms with Crippen LogP contribution in [0.3, 0.4) is 0 Å². The quantitative estimate of drug-likeness (QED) is 0.632. The van der Waals surface area contributed by atoms with E-state index < -0.39 is 23.0 Å². The molecule has 0 radical (unpaired) electrons. The summed E-state index contributed by atoms with van der Waals surface area (Å²) in [5, 5.41) is 20.3. The molecule has 1 N–H and O–H groups in total. The van der Waals surface area contributed by atoms with Gasteiger partial charge in [-0.15, -0.1) is 0 Å². The highest BCUT2D eigenvalue weighted by Gasteiger charge is 2.25. The summed E-state index contributed by atoms with van der Waals surface area (Å²) in [6.07, 6.45) is 0. The van der Waals surface area contributed by atoms with Gasteiger partial charge in [0.2, 0.25) is 5.88 Å². The normalized spacial score (nSPS) is 10.5. The molecule has 0 aliphatic heterocycles. The third-order valence-corrected chi connectivity index (χ3v) is 4.69. The van der Waals surface area contributed by atoms with Gasteiger partial charge in [0, 0.05) is 5.56 Å². The minimum absolute atomic E-state index is 0.0992. The van der Waals surface area contributed by atoms with Gasteiger partial charge in [-0.05, 0) is 49.2 Å². The highest BCUT2D eigenvalue weighted by atomic mass is 19.1. The molecule has 0 fully saturated rings. The maximum atomic E-state index is 13.2. The van der Waals surface area contributed by atoms with Crippen LogP contribution in [-0.4, -0.2) is 22.1 Å². The molecule has 0 unspecified atom stereocenters. The van der Waals surface area contributed by atoms with Gasteiger partial charge in [0.15, 0.2) is 5.78 Å². The number of nitrogens with zero attached hydrogens (tertiary/aromatic N) is 2. The molecule has 0 spiro atoms. The molecule has 7 heteroatoms. The Balaban J connectivity index is 2.16. The van der Waals surface area contributed by atoms with Crippen LogP contribution in [0.2, 0.25) is 0 Å². The average Bonchev–Trinajstić information content (AvgIpc) is 2.73. The molecule has 152 valence electrons. The zero-order chi connectivity index (χ0) is 21.8. The number of halogens is 1. The number of ether oxygens (including phenoxy) is 1. The van der Waals surface area contributed by atoms with Crippen molar-refractivity contribution in [2.45, 2.75) is 20.4 Å². The van der Waals surface area contributed by atoms with Crippen molar-refractivity contribution >= 4 is 5.78 Å². The van der Waals surface area contributed by atoms with Gasteiger partial charge in [0.25, 0.3) is 5.56 Å². The van der Waals surface area contributed by atoms with Crippen molar-refractivity contribution in [3.63, 3.8) is 0 Å². The summed E-state index contributed by atoms with van der Waals surface area (Å²) in [4.78, 5) is 25.9. The fourth-order valence-electron chi connectivity index (χ4n) is 3.18. The molecule has 0 bridgehead atoms. The highest BCUT2D eigenvalue weighted by molar-refractivity contribution is 6.11. The number of rotatable bonds is 6. The fourth-order valence-corrected chi connectivity index (χ4v) is 3.18. The van der Waals surface area contributed by atoms with Gasteiger partial charge in [-0.2, -0.15) is 5.26 Å². The minimum atomic E-state index is -0.726. The molecule has 3 rings (SSSR count). The molecule has 0 aliphatic carbocycles. The molecular formula is C23H19FN2O4. The third kappa shape index (κ3) is 3.94. The topological polar surface area (TPSA) is 92.3 Å². The van der Waals surface area contributed by atoms with E-state index in [-0.39, 0.29) is 28.8 Å². The fraction of sp³-hybridized carbons (Fsp3) is 0.174. The smallest absolute Gasteiger partial charge is 0.271 e. The molecular weight excluding hydrogens is 387 g/mol. The zero-order valence-corrected chi connectivity index (χ0v) is 16.5. The number of hydrogen-bond acceptors (Lipinski definition) is 5. The van der Waals surface area contributed by atoms with E-state index in [0.717, 1.165) is 4.57 Å². The summed E-state index contributed by atoms with van der Waals surface area (Å²) in [6, 6.07) is 13.6.